The summed E-state index contributed by atoms with van der Waals surface area (Å²) in [5.41, 5.74) is 7.56. The number of anilines is 2. The molecule has 2 N–H and O–H groups in total. The molecule has 2 aromatic rings. The molecule has 3 nitrogen and oxygen atoms in total. The molecule has 2 rings (SSSR count). The molecular formula is C16H17BrN2OS. The van der Waals surface area contributed by atoms with Gasteiger partial charge in [0.05, 0.1) is 5.75 Å². The first-order valence-corrected chi connectivity index (χ1v) is 8.43. The lowest BCUT2D eigenvalue weighted by molar-refractivity contribution is -0.116. The van der Waals surface area contributed by atoms with E-state index in [1.165, 1.54) is 11.8 Å². The molecule has 2 aromatic carbocycles. The standard InChI is InChI=1S/C16H17BrN2OS/c1-2-19(13-6-4-3-5-7-13)16(20)11-21-15-9-8-12(17)10-14(15)18/h3-10H,2,11,18H2,1H3. The van der Waals surface area contributed by atoms with Crippen molar-refractivity contribution in [2.45, 2.75) is 11.8 Å². The summed E-state index contributed by atoms with van der Waals surface area (Å²) in [6.07, 6.45) is 0. The van der Waals surface area contributed by atoms with Crippen LogP contribution in [0.2, 0.25) is 0 Å². The van der Waals surface area contributed by atoms with Gasteiger partial charge in [0.1, 0.15) is 0 Å². The molecule has 5 heteroatoms. The van der Waals surface area contributed by atoms with E-state index in [4.69, 9.17) is 5.73 Å². The fourth-order valence-electron chi connectivity index (χ4n) is 1.98. The van der Waals surface area contributed by atoms with Crippen LogP contribution in [-0.4, -0.2) is 18.2 Å². The number of benzene rings is 2. The molecule has 21 heavy (non-hydrogen) atoms. The second kappa shape index (κ2) is 7.52. The number of rotatable bonds is 5. The van der Waals surface area contributed by atoms with Gasteiger partial charge in [0, 0.05) is 27.3 Å². The van der Waals surface area contributed by atoms with Crippen LogP contribution in [0, 0.1) is 0 Å². The van der Waals surface area contributed by atoms with E-state index in [9.17, 15) is 4.79 Å². The van der Waals surface area contributed by atoms with Crippen LogP contribution in [0.1, 0.15) is 6.92 Å². The van der Waals surface area contributed by atoms with Gasteiger partial charge in [-0.1, -0.05) is 34.1 Å². The fourth-order valence-corrected chi connectivity index (χ4v) is 3.18. The van der Waals surface area contributed by atoms with Gasteiger partial charge >= 0.3 is 0 Å². The van der Waals surface area contributed by atoms with Crippen LogP contribution in [0.3, 0.4) is 0 Å². The van der Waals surface area contributed by atoms with Crippen LogP contribution in [0.25, 0.3) is 0 Å². The van der Waals surface area contributed by atoms with Crippen molar-refractivity contribution in [3.63, 3.8) is 0 Å². The lowest BCUT2D eigenvalue weighted by Crippen LogP contribution is -2.32. The average Bonchev–Trinajstić information content (AvgIpc) is 2.48. The molecule has 1 amide bonds. The molecule has 0 aromatic heterocycles. The minimum absolute atomic E-state index is 0.0796. The van der Waals surface area contributed by atoms with E-state index in [-0.39, 0.29) is 5.91 Å². The van der Waals surface area contributed by atoms with Gasteiger partial charge in [-0.25, -0.2) is 0 Å². The number of thioether (sulfide) groups is 1. The van der Waals surface area contributed by atoms with Crippen LogP contribution < -0.4 is 10.6 Å². The van der Waals surface area contributed by atoms with Crippen molar-refractivity contribution >= 4 is 45.0 Å². The second-order valence-corrected chi connectivity index (χ2v) is 6.38. The van der Waals surface area contributed by atoms with E-state index < -0.39 is 0 Å². The predicted octanol–water partition coefficient (Wildman–Crippen LogP) is 4.18. The van der Waals surface area contributed by atoms with E-state index in [2.05, 4.69) is 15.9 Å². The summed E-state index contributed by atoms with van der Waals surface area (Å²) in [4.78, 5) is 15.1. The maximum absolute atomic E-state index is 12.4. The highest BCUT2D eigenvalue weighted by molar-refractivity contribution is 9.10. The van der Waals surface area contributed by atoms with Gasteiger partial charge in [0.25, 0.3) is 0 Å². The maximum atomic E-state index is 12.4. The molecule has 0 radical (unpaired) electrons. The first-order valence-electron chi connectivity index (χ1n) is 6.65. The van der Waals surface area contributed by atoms with Crippen molar-refractivity contribution in [1.82, 2.24) is 0 Å². The Hall–Kier alpha value is -1.46. The lowest BCUT2D eigenvalue weighted by atomic mass is 10.3. The molecule has 0 bridgehead atoms. The molecule has 0 saturated heterocycles. The first-order chi connectivity index (χ1) is 10.1. The third kappa shape index (κ3) is 4.25. The number of carbonyl (C=O) groups excluding carboxylic acids is 1. The summed E-state index contributed by atoms with van der Waals surface area (Å²) in [5.74, 6) is 0.449. The van der Waals surface area contributed by atoms with Gasteiger partial charge in [0.15, 0.2) is 0 Å². The van der Waals surface area contributed by atoms with Crippen molar-refractivity contribution in [1.29, 1.82) is 0 Å². The van der Waals surface area contributed by atoms with Crippen molar-refractivity contribution in [2.75, 3.05) is 22.9 Å². The van der Waals surface area contributed by atoms with Crippen LogP contribution in [0.4, 0.5) is 11.4 Å². The molecule has 110 valence electrons. The van der Waals surface area contributed by atoms with Gasteiger partial charge < -0.3 is 10.6 Å². The van der Waals surface area contributed by atoms with Crippen LogP contribution in [0.15, 0.2) is 57.9 Å². The second-order valence-electron chi connectivity index (χ2n) is 4.44. The Labute approximate surface area is 137 Å². The van der Waals surface area contributed by atoms with Crippen LogP contribution in [-0.2, 0) is 4.79 Å². The van der Waals surface area contributed by atoms with E-state index >= 15 is 0 Å². The summed E-state index contributed by atoms with van der Waals surface area (Å²) >= 11 is 4.84. The summed E-state index contributed by atoms with van der Waals surface area (Å²) in [6, 6.07) is 15.4. The zero-order valence-electron chi connectivity index (χ0n) is 11.8. The number of carbonyl (C=O) groups is 1. The van der Waals surface area contributed by atoms with Gasteiger partial charge in [0.2, 0.25) is 5.91 Å². The highest BCUT2D eigenvalue weighted by Crippen LogP contribution is 2.28. The quantitative estimate of drug-likeness (QED) is 0.639. The largest absolute Gasteiger partial charge is 0.398 e. The predicted molar refractivity (Wildman–Crippen MR) is 93.7 cm³/mol. The Kier molecular flexibility index (Phi) is 5.70. The molecule has 0 fully saturated rings. The van der Waals surface area contributed by atoms with Gasteiger partial charge in [-0.05, 0) is 37.3 Å². The monoisotopic (exact) mass is 364 g/mol. The summed E-state index contributed by atoms with van der Waals surface area (Å²) < 4.78 is 0.940. The Morgan fingerprint density at radius 3 is 2.57 bits per heavy atom. The minimum Gasteiger partial charge on any atom is -0.398 e. The molecule has 0 unspecified atom stereocenters. The Bertz CT molecular complexity index is 619. The van der Waals surface area contributed by atoms with Crippen molar-refractivity contribution < 1.29 is 4.79 Å². The van der Waals surface area contributed by atoms with Gasteiger partial charge in [-0.2, -0.15) is 0 Å². The molecule has 0 aliphatic rings. The van der Waals surface area contributed by atoms with E-state index in [1.54, 1.807) is 4.90 Å². The van der Waals surface area contributed by atoms with Gasteiger partial charge in [-0.3, -0.25) is 4.79 Å². The zero-order chi connectivity index (χ0) is 15.2. The number of para-hydroxylation sites is 1. The first kappa shape index (κ1) is 15.9. The molecule has 0 aliphatic heterocycles. The topological polar surface area (TPSA) is 46.3 Å². The molecule has 0 heterocycles. The number of halogens is 1. The number of amides is 1. The summed E-state index contributed by atoms with van der Waals surface area (Å²) in [6.45, 7) is 2.63. The molecule has 0 atom stereocenters. The van der Waals surface area contributed by atoms with Crippen LogP contribution in [0.5, 0.6) is 0 Å². The number of nitrogens with zero attached hydrogens (tertiary/aromatic N) is 1. The van der Waals surface area contributed by atoms with Gasteiger partial charge in [-0.15, -0.1) is 11.8 Å². The molecule has 0 spiro atoms. The van der Waals surface area contributed by atoms with Crippen molar-refractivity contribution in [3.05, 3.63) is 53.0 Å². The summed E-state index contributed by atoms with van der Waals surface area (Å²) in [5, 5.41) is 0. The number of nitrogen functional groups attached to an aromatic ring is 1. The Morgan fingerprint density at radius 2 is 1.95 bits per heavy atom. The minimum atomic E-state index is 0.0796. The van der Waals surface area contributed by atoms with Crippen LogP contribution >= 0.6 is 27.7 Å². The zero-order valence-corrected chi connectivity index (χ0v) is 14.2. The highest BCUT2D eigenvalue weighted by atomic mass is 79.9. The number of hydrogen-bond donors (Lipinski definition) is 1. The number of hydrogen-bond acceptors (Lipinski definition) is 3. The third-order valence-corrected chi connectivity index (χ3v) is 4.58. The maximum Gasteiger partial charge on any atom is 0.237 e. The van der Waals surface area contributed by atoms with Crippen molar-refractivity contribution in [3.8, 4) is 0 Å². The molecular weight excluding hydrogens is 348 g/mol. The van der Waals surface area contributed by atoms with E-state index in [0.717, 1.165) is 15.1 Å². The van der Waals surface area contributed by atoms with E-state index in [1.807, 2.05) is 55.5 Å². The fraction of sp³-hybridized carbons (Fsp3) is 0.188. The Morgan fingerprint density at radius 1 is 1.24 bits per heavy atom. The normalized spacial score (nSPS) is 10.4. The number of nitrogens with two attached hydrogens (primary N) is 1. The molecule has 0 aliphatic carbocycles. The van der Waals surface area contributed by atoms with E-state index in [0.29, 0.717) is 18.0 Å². The highest BCUT2D eigenvalue weighted by Gasteiger charge is 2.14. The smallest absolute Gasteiger partial charge is 0.237 e. The third-order valence-electron chi connectivity index (χ3n) is 3.01. The van der Waals surface area contributed by atoms with Crippen molar-refractivity contribution in [2.24, 2.45) is 0 Å². The lowest BCUT2D eigenvalue weighted by Gasteiger charge is -2.21. The molecule has 0 saturated carbocycles. The Balaban J connectivity index is 2.03. The average molecular weight is 365 g/mol. The SMILES string of the molecule is CCN(C(=O)CSc1ccc(Br)cc1N)c1ccccc1. The summed E-state index contributed by atoms with van der Waals surface area (Å²) in [7, 11) is 0.